The molecular formula is C21H25ClFNO9S. The Balaban J connectivity index is 2.30. The van der Waals surface area contributed by atoms with Gasteiger partial charge in [0.2, 0.25) is 10.0 Å². The van der Waals surface area contributed by atoms with Crippen molar-refractivity contribution >= 4 is 45.4 Å². The highest BCUT2D eigenvalue weighted by Gasteiger charge is 2.40. The van der Waals surface area contributed by atoms with Crippen molar-refractivity contribution in [1.82, 2.24) is 0 Å². The molecular weight excluding hydrogens is 497 g/mol. The Kier molecular flexibility index (Phi) is 10.1. The number of benzene rings is 1. The summed E-state index contributed by atoms with van der Waals surface area (Å²) >= 11 is 6.09. The number of hydrogen-bond acceptors (Lipinski definition) is 8. The van der Waals surface area contributed by atoms with Crippen molar-refractivity contribution in [2.24, 2.45) is 0 Å². The van der Waals surface area contributed by atoms with Crippen molar-refractivity contribution in [3.05, 3.63) is 40.7 Å². The maximum atomic E-state index is 13.6. The molecule has 0 fully saturated rings. The number of halogens is 2. The fraction of sp³-hybridized carbons (Fsp3) is 0.476. The number of aliphatic carboxylic acids is 1. The average molecular weight is 522 g/mol. The second-order valence-corrected chi connectivity index (χ2v) is 9.60. The molecule has 2 rings (SSSR count). The molecule has 13 heteroatoms. The standard InChI is InChI=1S/C21H25ClFNO9S/c1-2-31-20(27)15-6-3-4-7-18(15)34(29,30)24(17-10-9-14(23)12-16(17)22)13-33-21(28)32-11-5-8-19(25)26/h6,9-10,12,18H,2-5,7-8,11,13H2,1H3,(H,25,26). The molecule has 188 valence electrons. The Morgan fingerprint density at radius 3 is 2.62 bits per heavy atom. The van der Waals surface area contributed by atoms with Crippen LogP contribution in [0, 0.1) is 5.82 Å². The highest BCUT2D eigenvalue weighted by Crippen LogP contribution is 2.34. The van der Waals surface area contributed by atoms with Gasteiger partial charge in [0.25, 0.3) is 0 Å². The molecule has 1 atom stereocenters. The van der Waals surface area contributed by atoms with Gasteiger partial charge in [-0.3, -0.25) is 4.79 Å². The summed E-state index contributed by atoms with van der Waals surface area (Å²) in [6.45, 7) is 0.504. The molecule has 0 spiro atoms. The largest absolute Gasteiger partial charge is 0.510 e. The molecule has 0 saturated carbocycles. The number of ether oxygens (including phenoxy) is 3. The van der Waals surface area contributed by atoms with Crippen LogP contribution in [0.5, 0.6) is 0 Å². The zero-order chi connectivity index (χ0) is 25.3. The Morgan fingerprint density at radius 1 is 1.24 bits per heavy atom. The SMILES string of the molecule is CCOC(=O)C1=CCCCC1S(=O)(=O)N(COC(=O)OCCCC(=O)O)c1ccc(F)cc1Cl. The van der Waals surface area contributed by atoms with Gasteiger partial charge in [-0.1, -0.05) is 17.7 Å². The Morgan fingerprint density at radius 2 is 1.97 bits per heavy atom. The molecule has 0 aromatic heterocycles. The van der Waals surface area contributed by atoms with Crippen molar-refractivity contribution in [3.8, 4) is 0 Å². The Bertz CT molecular complexity index is 1040. The van der Waals surface area contributed by atoms with Gasteiger partial charge in [-0.2, -0.15) is 0 Å². The van der Waals surface area contributed by atoms with E-state index in [0.717, 1.165) is 18.2 Å². The highest BCUT2D eigenvalue weighted by molar-refractivity contribution is 7.93. The molecule has 0 heterocycles. The smallest absolute Gasteiger partial charge is 0.481 e. The van der Waals surface area contributed by atoms with Gasteiger partial charge in [0.05, 0.1) is 29.5 Å². The first-order chi connectivity index (χ1) is 16.1. The van der Waals surface area contributed by atoms with Gasteiger partial charge in [0.15, 0.2) is 6.73 Å². The molecule has 1 aliphatic rings. The van der Waals surface area contributed by atoms with Crippen LogP contribution in [0.1, 0.15) is 39.0 Å². The summed E-state index contributed by atoms with van der Waals surface area (Å²) in [6.07, 6.45) is 1.11. The van der Waals surface area contributed by atoms with Crippen molar-refractivity contribution < 1.29 is 46.5 Å². The third-order valence-electron chi connectivity index (χ3n) is 4.79. The minimum atomic E-state index is -4.41. The number of carbonyl (C=O) groups is 3. The number of hydrogen-bond donors (Lipinski definition) is 1. The summed E-state index contributed by atoms with van der Waals surface area (Å²) < 4.78 is 56.2. The number of carboxylic acid groups (broad SMARTS) is 1. The van der Waals surface area contributed by atoms with Crippen LogP contribution in [-0.2, 0) is 33.8 Å². The fourth-order valence-electron chi connectivity index (χ4n) is 3.24. The normalized spacial score (nSPS) is 15.7. The van der Waals surface area contributed by atoms with E-state index < -0.39 is 45.9 Å². The van der Waals surface area contributed by atoms with E-state index in [1.165, 1.54) is 6.08 Å². The number of nitrogens with zero attached hydrogens (tertiary/aromatic N) is 1. The van der Waals surface area contributed by atoms with Gasteiger partial charge in [-0.15, -0.1) is 0 Å². The minimum absolute atomic E-state index is 0.0337. The fourth-order valence-corrected chi connectivity index (χ4v) is 5.47. The zero-order valence-electron chi connectivity index (χ0n) is 18.4. The van der Waals surface area contributed by atoms with Gasteiger partial charge in [0.1, 0.15) is 11.1 Å². The molecule has 1 N–H and O–H groups in total. The summed E-state index contributed by atoms with van der Waals surface area (Å²) in [7, 11) is -4.41. The lowest BCUT2D eigenvalue weighted by Gasteiger charge is -2.31. The summed E-state index contributed by atoms with van der Waals surface area (Å²) in [4.78, 5) is 34.8. The maximum absolute atomic E-state index is 13.6. The van der Waals surface area contributed by atoms with Crippen LogP contribution >= 0.6 is 11.6 Å². The van der Waals surface area contributed by atoms with Crippen LogP contribution in [-0.4, -0.2) is 56.8 Å². The van der Waals surface area contributed by atoms with Crippen molar-refractivity contribution in [1.29, 1.82) is 0 Å². The van der Waals surface area contributed by atoms with E-state index in [1.54, 1.807) is 6.92 Å². The van der Waals surface area contributed by atoms with Gasteiger partial charge in [0, 0.05) is 6.42 Å². The summed E-state index contributed by atoms with van der Waals surface area (Å²) in [6, 6.07) is 2.98. The molecule has 1 aromatic carbocycles. The molecule has 0 aliphatic heterocycles. The average Bonchev–Trinajstić information content (AvgIpc) is 2.78. The van der Waals surface area contributed by atoms with E-state index in [-0.39, 0.29) is 48.8 Å². The van der Waals surface area contributed by atoms with Crippen LogP contribution in [0.4, 0.5) is 14.9 Å². The lowest BCUT2D eigenvalue weighted by atomic mass is 9.99. The molecule has 1 unspecified atom stereocenters. The van der Waals surface area contributed by atoms with E-state index >= 15 is 0 Å². The maximum Gasteiger partial charge on any atom is 0.510 e. The second kappa shape index (κ2) is 12.6. The molecule has 0 radical (unpaired) electrons. The van der Waals surface area contributed by atoms with Gasteiger partial charge in [-0.25, -0.2) is 26.7 Å². The molecule has 1 aromatic rings. The quantitative estimate of drug-likeness (QED) is 0.263. The van der Waals surface area contributed by atoms with Gasteiger partial charge < -0.3 is 19.3 Å². The van der Waals surface area contributed by atoms with Gasteiger partial charge in [-0.05, 0) is 50.8 Å². The Hall–Kier alpha value is -2.86. The lowest BCUT2D eigenvalue weighted by molar-refractivity contribution is -0.139. The lowest BCUT2D eigenvalue weighted by Crippen LogP contribution is -2.44. The minimum Gasteiger partial charge on any atom is -0.481 e. The van der Waals surface area contributed by atoms with Crippen molar-refractivity contribution in [2.45, 2.75) is 44.3 Å². The van der Waals surface area contributed by atoms with Crippen LogP contribution in [0.3, 0.4) is 0 Å². The second-order valence-electron chi connectivity index (χ2n) is 7.16. The number of allylic oxidation sites excluding steroid dienone is 1. The van der Waals surface area contributed by atoms with Gasteiger partial charge >= 0.3 is 18.1 Å². The zero-order valence-corrected chi connectivity index (χ0v) is 19.9. The molecule has 0 saturated heterocycles. The van der Waals surface area contributed by atoms with Crippen molar-refractivity contribution in [3.63, 3.8) is 0 Å². The summed E-state index contributed by atoms with van der Waals surface area (Å²) in [5, 5.41) is 7.04. The number of rotatable bonds is 11. The van der Waals surface area contributed by atoms with Crippen LogP contribution in [0.15, 0.2) is 29.8 Å². The number of esters is 1. The topological polar surface area (TPSA) is 137 Å². The third-order valence-corrected chi connectivity index (χ3v) is 7.22. The van der Waals surface area contributed by atoms with Crippen LogP contribution < -0.4 is 4.31 Å². The summed E-state index contributed by atoms with van der Waals surface area (Å²) in [5.74, 6) is -2.56. The predicted molar refractivity (Wildman–Crippen MR) is 119 cm³/mol. The number of carboxylic acids is 1. The molecule has 0 amide bonds. The molecule has 0 bridgehead atoms. The third kappa shape index (κ3) is 7.32. The first kappa shape index (κ1) is 27.4. The summed E-state index contributed by atoms with van der Waals surface area (Å²) in [5.41, 5.74) is -0.219. The van der Waals surface area contributed by atoms with E-state index in [2.05, 4.69) is 0 Å². The first-order valence-electron chi connectivity index (χ1n) is 10.4. The molecule has 10 nitrogen and oxygen atoms in total. The van der Waals surface area contributed by atoms with E-state index in [0.29, 0.717) is 17.1 Å². The van der Waals surface area contributed by atoms with E-state index in [4.69, 9.17) is 30.9 Å². The van der Waals surface area contributed by atoms with E-state index in [9.17, 15) is 27.2 Å². The number of sulfonamides is 1. The predicted octanol–water partition coefficient (Wildman–Crippen LogP) is 3.63. The first-order valence-corrected chi connectivity index (χ1v) is 12.3. The number of carbonyl (C=O) groups excluding carboxylic acids is 2. The Labute approximate surface area is 201 Å². The van der Waals surface area contributed by atoms with Crippen molar-refractivity contribution in [2.75, 3.05) is 24.2 Å². The number of anilines is 1. The van der Waals surface area contributed by atoms with E-state index in [1.807, 2.05) is 0 Å². The molecule has 1 aliphatic carbocycles. The molecule has 34 heavy (non-hydrogen) atoms. The highest BCUT2D eigenvalue weighted by atomic mass is 35.5. The van der Waals surface area contributed by atoms with Crippen LogP contribution in [0.25, 0.3) is 0 Å². The van der Waals surface area contributed by atoms with Crippen LogP contribution in [0.2, 0.25) is 5.02 Å². The monoisotopic (exact) mass is 521 g/mol.